The van der Waals surface area contributed by atoms with Crippen LogP contribution in [-0.2, 0) is 14.3 Å². The average Bonchev–Trinajstić information content (AvgIpc) is 2.68. The summed E-state index contributed by atoms with van der Waals surface area (Å²) in [6.07, 6.45) is 2.31. The zero-order valence-electron chi connectivity index (χ0n) is 7.66. The summed E-state index contributed by atoms with van der Waals surface area (Å²) in [5.74, 6) is -0.333. The Balaban J connectivity index is 2.14. The predicted molar refractivity (Wildman–Crippen MR) is 44.9 cm³/mol. The molecule has 0 spiro atoms. The summed E-state index contributed by atoms with van der Waals surface area (Å²) in [6, 6.07) is 0.125. The lowest BCUT2D eigenvalue weighted by Crippen LogP contribution is -2.31. The second kappa shape index (κ2) is 3.01. The molecule has 0 N–H and O–H groups in total. The molecule has 1 amide bonds. The Hall–Kier alpha value is -1.06. The molecule has 4 heteroatoms. The molecule has 0 aromatic heterocycles. The molecule has 0 saturated carbocycles. The van der Waals surface area contributed by atoms with Gasteiger partial charge in [-0.05, 0) is 12.8 Å². The quantitative estimate of drug-likeness (QED) is 0.544. The van der Waals surface area contributed by atoms with Crippen molar-refractivity contribution in [2.24, 2.45) is 5.92 Å². The number of nitrogens with zero attached hydrogens (tertiary/aromatic N) is 1. The molecule has 0 aliphatic carbocycles. The van der Waals surface area contributed by atoms with Crippen LogP contribution in [0.1, 0.15) is 19.3 Å². The summed E-state index contributed by atoms with van der Waals surface area (Å²) in [6.45, 7) is 0.816. The highest BCUT2D eigenvalue weighted by Gasteiger charge is 2.46. The molecule has 0 aromatic carbocycles. The molecule has 2 aliphatic heterocycles. The standard InChI is InChI=1S/C9H13NO3/c1-13-9(12)6-5-8(11)10-4-2-3-7(6)10/h6-7H,2-5H2,1H3/t6-,7-/m0/s1. The van der Waals surface area contributed by atoms with Crippen LogP contribution >= 0.6 is 0 Å². The average molecular weight is 183 g/mol. The Morgan fingerprint density at radius 1 is 1.62 bits per heavy atom. The van der Waals surface area contributed by atoms with Crippen LogP contribution in [0, 0.1) is 5.92 Å². The third-order valence-electron chi connectivity index (χ3n) is 2.98. The summed E-state index contributed by atoms with van der Waals surface area (Å²) in [5, 5.41) is 0. The molecule has 0 radical (unpaired) electrons. The monoisotopic (exact) mass is 183 g/mol. The van der Waals surface area contributed by atoms with Gasteiger partial charge < -0.3 is 9.64 Å². The Bertz CT molecular complexity index is 251. The lowest BCUT2D eigenvalue weighted by Gasteiger charge is -2.17. The van der Waals surface area contributed by atoms with E-state index in [2.05, 4.69) is 4.74 Å². The van der Waals surface area contributed by atoms with Crippen molar-refractivity contribution in [1.29, 1.82) is 0 Å². The highest BCUT2D eigenvalue weighted by Crippen LogP contribution is 2.34. The van der Waals surface area contributed by atoms with Crippen molar-refractivity contribution < 1.29 is 14.3 Å². The largest absolute Gasteiger partial charge is 0.469 e. The first-order valence-electron chi connectivity index (χ1n) is 4.61. The van der Waals surface area contributed by atoms with Gasteiger partial charge in [0.25, 0.3) is 0 Å². The molecule has 0 aromatic rings. The topological polar surface area (TPSA) is 46.6 Å². The molecule has 0 unspecified atom stereocenters. The molecule has 13 heavy (non-hydrogen) atoms. The second-order valence-electron chi connectivity index (χ2n) is 3.63. The summed E-state index contributed by atoms with van der Waals surface area (Å²) in [7, 11) is 1.38. The van der Waals surface area contributed by atoms with Crippen LogP contribution in [0.2, 0.25) is 0 Å². The van der Waals surface area contributed by atoms with Crippen molar-refractivity contribution in [1.82, 2.24) is 4.90 Å². The van der Waals surface area contributed by atoms with E-state index in [4.69, 9.17) is 0 Å². The minimum absolute atomic E-state index is 0.109. The van der Waals surface area contributed by atoms with Gasteiger partial charge >= 0.3 is 5.97 Å². The van der Waals surface area contributed by atoms with Gasteiger partial charge in [0.05, 0.1) is 13.0 Å². The van der Waals surface area contributed by atoms with Crippen LogP contribution in [-0.4, -0.2) is 36.5 Å². The zero-order valence-corrected chi connectivity index (χ0v) is 7.66. The van der Waals surface area contributed by atoms with E-state index < -0.39 is 0 Å². The molecule has 2 aliphatic rings. The lowest BCUT2D eigenvalue weighted by atomic mass is 9.99. The molecular formula is C9H13NO3. The Labute approximate surface area is 76.8 Å². The van der Waals surface area contributed by atoms with Crippen LogP contribution in [0.5, 0.6) is 0 Å². The van der Waals surface area contributed by atoms with Gasteiger partial charge in [0.1, 0.15) is 0 Å². The fourth-order valence-corrected chi connectivity index (χ4v) is 2.35. The number of ether oxygens (including phenoxy) is 1. The number of carbonyl (C=O) groups is 2. The van der Waals surface area contributed by atoms with Gasteiger partial charge in [-0.1, -0.05) is 0 Å². The molecule has 2 heterocycles. The first-order valence-corrected chi connectivity index (χ1v) is 4.61. The van der Waals surface area contributed by atoms with Gasteiger partial charge in [-0.25, -0.2) is 0 Å². The van der Waals surface area contributed by atoms with E-state index in [-0.39, 0.29) is 23.8 Å². The van der Waals surface area contributed by atoms with Crippen molar-refractivity contribution in [2.45, 2.75) is 25.3 Å². The van der Waals surface area contributed by atoms with Crippen LogP contribution in [0.4, 0.5) is 0 Å². The number of esters is 1. The van der Waals surface area contributed by atoms with Gasteiger partial charge in [0.15, 0.2) is 0 Å². The molecule has 4 nitrogen and oxygen atoms in total. The minimum Gasteiger partial charge on any atom is -0.469 e. The fraction of sp³-hybridized carbons (Fsp3) is 0.778. The van der Waals surface area contributed by atoms with Crippen molar-refractivity contribution >= 4 is 11.9 Å². The van der Waals surface area contributed by atoms with E-state index >= 15 is 0 Å². The normalized spacial score (nSPS) is 32.1. The predicted octanol–water partition coefficient (Wildman–Crippen LogP) is 0.170. The van der Waals surface area contributed by atoms with Gasteiger partial charge in [0.2, 0.25) is 5.91 Å². The maximum atomic E-state index is 11.4. The molecule has 2 rings (SSSR count). The van der Waals surface area contributed by atoms with E-state index in [1.807, 2.05) is 4.90 Å². The number of methoxy groups -OCH3 is 1. The first kappa shape index (κ1) is 8.53. The van der Waals surface area contributed by atoms with Crippen LogP contribution in [0.15, 0.2) is 0 Å². The third kappa shape index (κ3) is 1.20. The minimum atomic E-state index is -0.234. The Kier molecular flexibility index (Phi) is 1.98. The summed E-state index contributed by atoms with van der Waals surface area (Å²) in [4.78, 5) is 24.5. The summed E-state index contributed by atoms with van der Waals surface area (Å²) in [5.41, 5.74) is 0. The second-order valence-corrected chi connectivity index (χ2v) is 3.63. The third-order valence-corrected chi connectivity index (χ3v) is 2.98. The first-order chi connectivity index (χ1) is 6.24. The van der Waals surface area contributed by atoms with E-state index in [9.17, 15) is 9.59 Å². The maximum Gasteiger partial charge on any atom is 0.311 e. The van der Waals surface area contributed by atoms with Gasteiger partial charge in [-0.2, -0.15) is 0 Å². The highest BCUT2D eigenvalue weighted by atomic mass is 16.5. The number of hydrogen-bond acceptors (Lipinski definition) is 3. The lowest BCUT2D eigenvalue weighted by molar-refractivity contribution is -0.146. The summed E-state index contributed by atoms with van der Waals surface area (Å²) < 4.78 is 4.67. The number of rotatable bonds is 1. The highest BCUT2D eigenvalue weighted by molar-refractivity contribution is 5.88. The van der Waals surface area contributed by atoms with E-state index in [0.29, 0.717) is 6.42 Å². The molecule has 72 valence electrons. The number of amides is 1. The van der Waals surface area contributed by atoms with Crippen molar-refractivity contribution in [3.8, 4) is 0 Å². The van der Waals surface area contributed by atoms with E-state index in [1.165, 1.54) is 7.11 Å². The maximum absolute atomic E-state index is 11.4. The summed E-state index contributed by atoms with van der Waals surface area (Å²) >= 11 is 0. The number of fused-ring (bicyclic) bond motifs is 1. The van der Waals surface area contributed by atoms with Crippen molar-refractivity contribution in [3.05, 3.63) is 0 Å². The van der Waals surface area contributed by atoms with Crippen LogP contribution < -0.4 is 0 Å². The van der Waals surface area contributed by atoms with Crippen molar-refractivity contribution in [3.63, 3.8) is 0 Å². The Morgan fingerprint density at radius 2 is 2.38 bits per heavy atom. The van der Waals surface area contributed by atoms with Crippen LogP contribution in [0.3, 0.4) is 0 Å². The van der Waals surface area contributed by atoms with Gasteiger partial charge in [0, 0.05) is 19.0 Å². The molecular weight excluding hydrogens is 170 g/mol. The Morgan fingerprint density at radius 3 is 3.08 bits per heavy atom. The molecule has 2 saturated heterocycles. The zero-order chi connectivity index (χ0) is 9.42. The number of carbonyl (C=O) groups excluding carboxylic acids is 2. The van der Waals surface area contributed by atoms with Gasteiger partial charge in [-0.3, -0.25) is 9.59 Å². The van der Waals surface area contributed by atoms with Crippen molar-refractivity contribution in [2.75, 3.05) is 13.7 Å². The number of hydrogen-bond donors (Lipinski definition) is 0. The molecule has 0 bridgehead atoms. The van der Waals surface area contributed by atoms with Crippen LogP contribution in [0.25, 0.3) is 0 Å². The van der Waals surface area contributed by atoms with E-state index in [1.54, 1.807) is 0 Å². The smallest absolute Gasteiger partial charge is 0.311 e. The van der Waals surface area contributed by atoms with Gasteiger partial charge in [-0.15, -0.1) is 0 Å². The fourth-order valence-electron chi connectivity index (χ4n) is 2.35. The molecule has 2 fully saturated rings. The van der Waals surface area contributed by atoms with E-state index in [0.717, 1.165) is 19.4 Å². The molecule has 2 atom stereocenters. The SMILES string of the molecule is COC(=O)[C@H]1CC(=O)N2CCC[C@@H]12.